The molecule has 5 heteroatoms. The molecule has 17 heavy (non-hydrogen) atoms. The first-order valence-electron chi connectivity index (χ1n) is 5.54. The van der Waals surface area contributed by atoms with Crippen molar-refractivity contribution in [1.82, 2.24) is 10.2 Å². The molecule has 1 fully saturated rings. The van der Waals surface area contributed by atoms with Gasteiger partial charge in [0.25, 0.3) is 5.91 Å². The summed E-state index contributed by atoms with van der Waals surface area (Å²) in [7, 11) is 1.92. The predicted molar refractivity (Wildman–Crippen MR) is 72.5 cm³/mol. The van der Waals surface area contributed by atoms with Crippen molar-refractivity contribution in [3.05, 3.63) is 33.3 Å². The van der Waals surface area contributed by atoms with Gasteiger partial charge in [-0.1, -0.05) is 17.7 Å². The van der Waals surface area contributed by atoms with E-state index in [0.29, 0.717) is 16.6 Å². The predicted octanol–water partition coefficient (Wildman–Crippen LogP) is 2.54. The van der Waals surface area contributed by atoms with Crippen LogP contribution in [0.3, 0.4) is 0 Å². The zero-order chi connectivity index (χ0) is 12.4. The largest absolute Gasteiger partial charge is 0.337 e. The Balaban J connectivity index is 2.18. The van der Waals surface area contributed by atoms with Crippen LogP contribution < -0.4 is 5.32 Å². The zero-order valence-electron chi connectivity index (χ0n) is 9.54. The van der Waals surface area contributed by atoms with Crippen LogP contribution in [0, 0.1) is 0 Å². The molecular weight excluding hydrogens is 304 g/mol. The van der Waals surface area contributed by atoms with Crippen molar-refractivity contribution in [2.75, 3.05) is 20.1 Å². The second kappa shape index (κ2) is 5.38. The number of carbonyl (C=O) groups excluding carboxylic acids is 1. The highest BCUT2D eigenvalue weighted by atomic mass is 79.9. The van der Waals surface area contributed by atoms with Crippen LogP contribution in [0.4, 0.5) is 0 Å². The van der Waals surface area contributed by atoms with E-state index in [1.54, 1.807) is 6.07 Å². The Bertz CT molecular complexity index is 439. The summed E-state index contributed by atoms with van der Waals surface area (Å²) in [5.74, 6) is 0.00838. The van der Waals surface area contributed by atoms with Gasteiger partial charge in [0.05, 0.1) is 10.6 Å². The number of carbonyl (C=O) groups is 1. The van der Waals surface area contributed by atoms with Gasteiger partial charge in [-0.2, -0.15) is 0 Å². The van der Waals surface area contributed by atoms with E-state index in [2.05, 4.69) is 21.2 Å². The molecule has 92 valence electrons. The van der Waals surface area contributed by atoms with Gasteiger partial charge in [0.15, 0.2) is 0 Å². The lowest BCUT2D eigenvalue weighted by molar-refractivity contribution is 0.0790. The molecule has 0 bridgehead atoms. The van der Waals surface area contributed by atoms with Gasteiger partial charge in [-0.3, -0.25) is 4.79 Å². The molecule has 1 aliphatic rings. The third-order valence-corrected chi connectivity index (χ3v) is 4.36. The Morgan fingerprint density at radius 1 is 1.59 bits per heavy atom. The zero-order valence-corrected chi connectivity index (χ0v) is 11.9. The van der Waals surface area contributed by atoms with E-state index < -0.39 is 0 Å². The van der Waals surface area contributed by atoms with E-state index in [9.17, 15) is 4.79 Å². The first-order valence-corrected chi connectivity index (χ1v) is 6.71. The van der Waals surface area contributed by atoms with E-state index in [1.807, 2.05) is 24.1 Å². The minimum Gasteiger partial charge on any atom is -0.337 e. The summed E-state index contributed by atoms with van der Waals surface area (Å²) >= 11 is 9.46. The number of benzene rings is 1. The van der Waals surface area contributed by atoms with Crippen LogP contribution >= 0.6 is 27.5 Å². The van der Waals surface area contributed by atoms with Gasteiger partial charge in [0.2, 0.25) is 0 Å². The van der Waals surface area contributed by atoms with Crippen LogP contribution in [0.5, 0.6) is 0 Å². The Morgan fingerprint density at radius 3 is 3.00 bits per heavy atom. The van der Waals surface area contributed by atoms with Crippen molar-refractivity contribution in [3.63, 3.8) is 0 Å². The fourth-order valence-corrected chi connectivity index (χ4v) is 2.59. The van der Waals surface area contributed by atoms with E-state index in [4.69, 9.17) is 11.6 Å². The van der Waals surface area contributed by atoms with Crippen LogP contribution in [0.2, 0.25) is 5.02 Å². The molecule has 0 radical (unpaired) electrons. The number of nitrogens with one attached hydrogen (secondary N) is 1. The number of halogens is 2. The van der Waals surface area contributed by atoms with Crippen LogP contribution in [0.15, 0.2) is 22.7 Å². The highest BCUT2D eigenvalue weighted by molar-refractivity contribution is 9.10. The summed E-state index contributed by atoms with van der Waals surface area (Å²) < 4.78 is 0.759. The molecule has 0 spiro atoms. The lowest BCUT2D eigenvalue weighted by Gasteiger charge is -2.17. The molecule has 1 unspecified atom stereocenters. The van der Waals surface area contributed by atoms with E-state index in [0.717, 1.165) is 24.0 Å². The maximum Gasteiger partial charge on any atom is 0.255 e. The van der Waals surface area contributed by atoms with Gasteiger partial charge >= 0.3 is 0 Å². The number of nitrogens with zero attached hydrogens (tertiary/aromatic N) is 1. The first-order chi connectivity index (χ1) is 8.13. The SMILES string of the molecule is CNC1CCN(C(=O)c2cccc(Br)c2Cl)C1. The second-order valence-corrected chi connectivity index (χ2v) is 5.36. The Morgan fingerprint density at radius 2 is 2.35 bits per heavy atom. The fraction of sp³-hybridized carbons (Fsp3) is 0.417. The lowest BCUT2D eigenvalue weighted by Crippen LogP contribution is -2.33. The minimum absolute atomic E-state index is 0.00838. The molecule has 0 saturated carbocycles. The molecule has 1 amide bonds. The molecule has 1 atom stereocenters. The Kier molecular flexibility index (Phi) is 4.07. The number of likely N-dealkylation sites (N-methyl/N-ethyl adjacent to an activating group) is 1. The Labute approximate surface area is 114 Å². The van der Waals surface area contributed by atoms with Gasteiger partial charge in [-0.05, 0) is 41.5 Å². The van der Waals surface area contributed by atoms with Crippen molar-refractivity contribution in [2.45, 2.75) is 12.5 Å². The smallest absolute Gasteiger partial charge is 0.255 e. The maximum absolute atomic E-state index is 12.3. The summed E-state index contributed by atoms with van der Waals surface area (Å²) in [6.45, 7) is 1.53. The highest BCUT2D eigenvalue weighted by Gasteiger charge is 2.27. The quantitative estimate of drug-likeness (QED) is 0.909. The third kappa shape index (κ3) is 2.64. The second-order valence-electron chi connectivity index (χ2n) is 4.13. The maximum atomic E-state index is 12.3. The number of amides is 1. The summed E-state index contributed by atoms with van der Waals surface area (Å²) in [6.07, 6.45) is 0.994. The summed E-state index contributed by atoms with van der Waals surface area (Å²) in [5.41, 5.74) is 0.567. The Hall–Kier alpha value is -0.580. The van der Waals surface area contributed by atoms with E-state index >= 15 is 0 Å². The summed E-state index contributed by atoms with van der Waals surface area (Å²) in [6, 6.07) is 5.82. The molecule has 1 heterocycles. The molecular formula is C12H14BrClN2O. The standard InChI is InChI=1S/C12H14BrClN2O/c1-15-8-5-6-16(7-8)12(17)9-3-2-4-10(13)11(9)14/h2-4,8,15H,5-7H2,1H3. The van der Waals surface area contributed by atoms with Crippen molar-refractivity contribution >= 4 is 33.4 Å². The highest BCUT2D eigenvalue weighted by Crippen LogP contribution is 2.27. The normalized spacial score (nSPS) is 19.7. The van der Waals surface area contributed by atoms with Gasteiger partial charge in [0, 0.05) is 23.6 Å². The fourth-order valence-electron chi connectivity index (χ4n) is 2.02. The molecule has 1 aromatic carbocycles. The number of hydrogen-bond acceptors (Lipinski definition) is 2. The van der Waals surface area contributed by atoms with Crippen molar-refractivity contribution < 1.29 is 4.79 Å². The molecule has 1 N–H and O–H groups in total. The van der Waals surface area contributed by atoms with E-state index in [-0.39, 0.29) is 5.91 Å². The summed E-state index contributed by atoms with van der Waals surface area (Å²) in [4.78, 5) is 14.1. The average Bonchev–Trinajstić information content (AvgIpc) is 2.80. The first kappa shape index (κ1) is 12.9. The molecule has 3 nitrogen and oxygen atoms in total. The van der Waals surface area contributed by atoms with Gasteiger partial charge in [0.1, 0.15) is 0 Å². The minimum atomic E-state index is 0.00838. The van der Waals surface area contributed by atoms with Crippen molar-refractivity contribution in [3.8, 4) is 0 Å². The van der Waals surface area contributed by atoms with Crippen LogP contribution in [-0.2, 0) is 0 Å². The molecule has 0 aromatic heterocycles. The molecule has 2 rings (SSSR count). The monoisotopic (exact) mass is 316 g/mol. The van der Waals surface area contributed by atoms with Gasteiger partial charge in [-0.15, -0.1) is 0 Å². The number of hydrogen-bond donors (Lipinski definition) is 1. The molecule has 0 aliphatic carbocycles. The van der Waals surface area contributed by atoms with Gasteiger partial charge in [-0.25, -0.2) is 0 Å². The molecule has 1 saturated heterocycles. The van der Waals surface area contributed by atoms with Crippen LogP contribution in [-0.4, -0.2) is 37.0 Å². The topological polar surface area (TPSA) is 32.3 Å². The molecule has 1 aromatic rings. The molecule has 1 aliphatic heterocycles. The van der Waals surface area contributed by atoms with E-state index in [1.165, 1.54) is 0 Å². The number of likely N-dealkylation sites (tertiary alicyclic amines) is 1. The summed E-state index contributed by atoms with van der Waals surface area (Å²) in [5, 5.41) is 3.68. The van der Waals surface area contributed by atoms with Crippen LogP contribution in [0.25, 0.3) is 0 Å². The lowest BCUT2D eigenvalue weighted by atomic mass is 10.2. The van der Waals surface area contributed by atoms with Crippen molar-refractivity contribution in [2.24, 2.45) is 0 Å². The van der Waals surface area contributed by atoms with Crippen molar-refractivity contribution in [1.29, 1.82) is 0 Å². The average molecular weight is 318 g/mol. The van der Waals surface area contributed by atoms with Gasteiger partial charge < -0.3 is 10.2 Å². The number of rotatable bonds is 2. The third-order valence-electron chi connectivity index (χ3n) is 3.07. The van der Waals surface area contributed by atoms with Crippen LogP contribution in [0.1, 0.15) is 16.8 Å².